The molecule has 0 unspecified atom stereocenters. The summed E-state index contributed by atoms with van der Waals surface area (Å²) in [7, 11) is 1.54. The highest BCUT2D eigenvalue weighted by Gasteiger charge is 2.33. The zero-order valence-electron chi connectivity index (χ0n) is 19.3. The van der Waals surface area contributed by atoms with Gasteiger partial charge in [-0.3, -0.25) is 19.8 Å². The zero-order valence-corrected chi connectivity index (χ0v) is 20.9. The molecule has 9 heteroatoms. The summed E-state index contributed by atoms with van der Waals surface area (Å²) in [6.45, 7) is 4.25. The van der Waals surface area contributed by atoms with Crippen molar-refractivity contribution in [1.29, 1.82) is 0 Å². The number of methoxy groups -OCH3 is 1. The Morgan fingerprint density at radius 2 is 1.77 bits per heavy atom. The van der Waals surface area contributed by atoms with Crippen LogP contribution in [0.1, 0.15) is 22.3 Å². The molecule has 0 bridgehead atoms. The van der Waals surface area contributed by atoms with E-state index >= 15 is 0 Å². The highest BCUT2D eigenvalue weighted by Crippen LogP contribution is 2.37. The van der Waals surface area contributed by atoms with Gasteiger partial charge in [-0.25, -0.2) is 0 Å². The second-order valence-corrected chi connectivity index (χ2v) is 9.58. The summed E-state index contributed by atoms with van der Waals surface area (Å²) in [4.78, 5) is 25.6. The Bertz CT molecular complexity index is 1350. The van der Waals surface area contributed by atoms with Crippen LogP contribution in [-0.4, -0.2) is 22.3 Å². The number of nitrogens with zero attached hydrogens (tertiary/aromatic N) is 2. The van der Waals surface area contributed by atoms with Gasteiger partial charge in [-0.05, 0) is 78.6 Å². The van der Waals surface area contributed by atoms with E-state index in [0.29, 0.717) is 20.7 Å². The predicted molar refractivity (Wildman–Crippen MR) is 142 cm³/mol. The number of anilines is 1. The van der Waals surface area contributed by atoms with Crippen LogP contribution in [-0.2, 0) is 11.4 Å². The van der Waals surface area contributed by atoms with Crippen LogP contribution < -0.4 is 14.4 Å². The van der Waals surface area contributed by atoms with Crippen LogP contribution >= 0.6 is 24.0 Å². The molecule has 1 amide bonds. The largest absolute Gasteiger partial charge is 0.493 e. The first kappa shape index (κ1) is 24.4. The molecule has 4 rings (SSSR count). The van der Waals surface area contributed by atoms with Crippen molar-refractivity contribution in [2.45, 2.75) is 20.5 Å². The molecule has 1 saturated heterocycles. The Morgan fingerprint density at radius 1 is 1.03 bits per heavy atom. The number of ether oxygens (including phenoxy) is 2. The summed E-state index contributed by atoms with van der Waals surface area (Å²) in [6, 6.07) is 17.4. The first-order valence-electron chi connectivity index (χ1n) is 10.7. The Morgan fingerprint density at radius 3 is 2.43 bits per heavy atom. The first-order valence-corrected chi connectivity index (χ1v) is 11.9. The maximum atomic E-state index is 13.1. The predicted octanol–water partition coefficient (Wildman–Crippen LogP) is 6.21. The Balaban J connectivity index is 1.51. The number of aryl methyl sites for hydroxylation is 2. The lowest BCUT2D eigenvalue weighted by Crippen LogP contribution is -2.27. The Labute approximate surface area is 212 Å². The van der Waals surface area contributed by atoms with Crippen molar-refractivity contribution in [3.63, 3.8) is 0 Å². The van der Waals surface area contributed by atoms with E-state index in [1.807, 2.05) is 38.1 Å². The molecular weight excluding hydrogens is 484 g/mol. The van der Waals surface area contributed by atoms with Gasteiger partial charge in [0.2, 0.25) is 0 Å². The van der Waals surface area contributed by atoms with Crippen molar-refractivity contribution in [1.82, 2.24) is 0 Å². The molecule has 3 aromatic carbocycles. The topological polar surface area (TPSA) is 81.9 Å². The third-order valence-corrected chi connectivity index (χ3v) is 6.87. The van der Waals surface area contributed by atoms with Crippen molar-refractivity contribution in [2.24, 2.45) is 0 Å². The van der Waals surface area contributed by atoms with Crippen LogP contribution in [0.25, 0.3) is 6.08 Å². The normalized spacial score (nSPS) is 14.5. The van der Waals surface area contributed by atoms with E-state index in [0.717, 1.165) is 27.9 Å². The van der Waals surface area contributed by atoms with E-state index in [1.165, 1.54) is 31.0 Å². The molecule has 0 atom stereocenters. The van der Waals surface area contributed by atoms with Gasteiger partial charge in [0.05, 0.1) is 22.6 Å². The van der Waals surface area contributed by atoms with Gasteiger partial charge in [-0.2, -0.15) is 0 Å². The fourth-order valence-electron chi connectivity index (χ4n) is 3.47. The van der Waals surface area contributed by atoms with Crippen LogP contribution in [0.15, 0.2) is 65.6 Å². The lowest BCUT2D eigenvalue weighted by Gasteiger charge is -2.16. The average Bonchev–Trinajstić information content (AvgIpc) is 3.12. The van der Waals surface area contributed by atoms with Gasteiger partial charge in [0.25, 0.3) is 11.6 Å². The smallest absolute Gasteiger partial charge is 0.270 e. The quantitative estimate of drug-likeness (QED) is 0.163. The van der Waals surface area contributed by atoms with Gasteiger partial charge in [-0.1, -0.05) is 36.1 Å². The molecule has 0 saturated carbocycles. The Hall–Kier alpha value is -3.69. The molecule has 1 aliphatic rings. The third kappa shape index (κ3) is 5.36. The van der Waals surface area contributed by atoms with Crippen molar-refractivity contribution in [3.8, 4) is 11.5 Å². The second kappa shape index (κ2) is 10.3. The molecule has 3 aromatic rings. The van der Waals surface area contributed by atoms with Gasteiger partial charge in [0, 0.05) is 12.1 Å². The van der Waals surface area contributed by atoms with E-state index in [4.69, 9.17) is 21.7 Å². The number of carbonyl (C=O) groups is 1. The van der Waals surface area contributed by atoms with Gasteiger partial charge in [-0.15, -0.1) is 0 Å². The van der Waals surface area contributed by atoms with Crippen LogP contribution in [0.3, 0.4) is 0 Å². The lowest BCUT2D eigenvalue weighted by molar-refractivity contribution is -0.384. The molecule has 1 fully saturated rings. The summed E-state index contributed by atoms with van der Waals surface area (Å²) in [5.74, 6) is 0.858. The maximum absolute atomic E-state index is 13.1. The lowest BCUT2D eigenvalue weighted by atomic mass is 10.1. The number of hydrogen-bond donors (Lipinski definition) is 0. The molecule has 0 N–H and O–H groups in total. The molecule has 7 nitrogen and oxygen atoms in total. The number of thioether (sulfide) groups is 1. The molecule has 0 aliphatic carbocycles. The number of nitro benzene ring substituents is 1. The fourth-order valence-corrected chi connectivity index (χ4v) is 4.77. The van der Waals surface area contributed by atoms with Crippen molar-refractivity contribution in [2.75, 3.05) is 12.0 Å². The van der Waals surface area contributed by atoms with Crippen LogP contribution in [0.4, 0.5) is 11.4 Å². The highest BCUT2D eigenvalue weighted by atomic mass is 32.2. The number of rotatable bonds is 7. The van der Waals surface area contributed by atoms with E-state index in [1.54, 1.807) is 35.2 Å². The number of non-ortho nitro benzene ring substituents is 1. The number of thiocarbonyl (C=S) groups is 1. The number of hydrogen-bond acceptors (Lipinski definition) is 7. The molecule has 0 radical (unpaired) electrons. The molecule has 178 valence electrons. The van der Waals surface area contributed by atoms with Crippen LogP contribution in [0.2, 0.25) is 0 Å². The minimum absolute atomic E-state index is 0.0265. The number of nitro groups is 1. The average molecular weight is 507 g/mol. The van der Waals surface area contributed by atoms with E-state index in [9.17, 15) is 14.9 Å². The maximum Gasteiger partial charge on any atom is 0.270 e. The van der Waals surface area contributed by atoms with Gasteiger partial charge in [0.15, 0.2) is 15.8 Å². The SMILES string of the molecule is COc1cc(/C=C2/SC(=S)N(c3ccc(C)c(C)c3)C2=O)ccc1OCc1ccc([N+](=O)[O-])cc1. The van der Waals surface area contributed by atoms with Gasteiger partial charge < -0.3 is 9.47 Å². The number of carbonyl (C=O) groups excluding carboxylic acids is 1. The summed E-state index contributed by atoms with van der Waals surface area (Å²) in [5, 5.41) is 10.8. The van der Waals surface area contributed by atoms with E-state index < -0.39 is 4.92 Å². The number of benzene rings is 3. The van der Waals surface area contributed by atoms with Crippen LogP contribution in [0, 0.1) is 24.0 Å². The minimum atomic E-state index is -0.442. The summed E-state index contributed by atoms with van der Waals surface area (Å²) < 4.78 is 11.8. The second-order valence-electron chi connectivity index (χ2n) is 7.91. The summed E-state index contributed by atoms with van der Waals surface area (Å²) >= 11 is 6.75. The Kier molecular flexibility index (Phi) is 7.18. The molecule has 1 aliphatic heterocycles. The molecule has 35 heavy (non-hydrogen) atoms. The van der Waals surface area contributed by atoms with Crippen LogP contribution in [0.5, 0.6) is 11.5 Å². The van der Waals surface area contributed by atoms with Gasteiger partial charge in [0.1, 0.15) is 6.61 Å². The van der Waals surface area contributed by atoms with E-state index in [-0.39, 0.29) is 18.2 Å². The van der Waals surface area contributed by atoms with E-state index in [2.05, 4.69) is 0 Å². The third-order valence-electron chi connectivity index (χ3n) is 5.57. The summed E-state index contributed by atoms with van der Waals surface area (Å²) in [6.07, 6.45) is 1.78. The zero-order chi connectivity index (χ0) is 25.1. The first-order chi connectivity index (χ1) is 16.8. The highest BCUT2D eigenvalue weighted by molar-refractivity contribution is 8.27. The molecular formula is C26H22N2O5S2. The van der Waals surface area contributed by atoms with Gasteiger partial charge >= 0.3 is 0 Å². The minimum Gasteiger partial charge on any atom is -0.493 e. The molecule has 1 heterocycles. The summed E-state index contributed by atoms with van der Waals surface area (Å²) in [5.41, 5.74) is 4.58. The standard InChI is InChI=1S/C26H22N2O5S2/c1-16-4-8-21(12-17(16)2)27-25(29)24(35-26(27)34)14-19-7-11-22(23(13-19)32-3)33-15-18-5-9-20(10-6-18)28(30)31/h4-14H,15H2,1-3H3/b24-14+. The van der Waals surface area contributed by atoms with Crippen molar-refractivity contribution in [3.05, 3.63) is 97.9 Å². The molecule has 0 aromatic heterocycles. The van der Waals surface area contributed by atoms with Crippen molar-refractivity contribution < 1.29 is 19.2 Å². The monoisotopic (exact) mass is 506 g/mol. The number of amides is 1. The fraction of sp³-hybridized carbons (Fsp3) is 0.154. The molecule has 0 spiro atoms. The van der Waals surface area contributed by atoms with Crippen molar-refractivity contribution >= 4 is 51.7 Å².